The molecule has 0 spiro atoms. The minimum Gasteiger partial charge on any atom is -0.348 e. The van der Waals surface area contributed by atoms with Crippen molar-refractivity contribution in [2.75, 3.05) is 34.2 Å². The number of amides is 1. The van der Waals surface area contributed by atoms with Gasteiger partial charge in [0.2, 0.25) is 5.91 Å². The molecule has 1 aliphatic rings. The highest BCUT2D eigenvalue weighted by molar-refractivity contribution is 5.83. The van der Waals surface area contributed by atoms with Crippen LogP contribution in [0.4, 0.5) is 0 Å². The van der Waals surface area contributed by atoms with E-state index in [0.717, 1.165) is 19.5 Å². The van der Waals surface area contributed by atoms with Crippen LogP contribution in [0.25, 0.3) is 0 Å². The van der Waals surface area contributed by atoms with Gasteiger partial charge in [0.1, 0.15) is 0 Å². The van der Waals surface area contributed by atoms with Gasteiger partial charge in [-0.15, -0.1) is 0 Å². The molecule has 0 radical (unpaired) electrons. The minimum absolute atomic E-state index is 0.0712. The summed E-state index contributed by atoms with van der Waals surface area (Å²) in [5.41, 5.74) is -0.0712. The third kappa shape index (κ3) is 1.33. The number of carbonyl (C=O) groups is 1. The molecule has 1 rings (SSSR count). The molecule has 0 saturated carbocycles. The topological polar surface area (TPSA) is 23.6 Å². The Hall–Kier alpha value is -0.570. The number of hydrogen-bond acceptors (Lipinski definition) is 2. The van der Waals surface area contributed by atoms with Crippen LogP contribution in [-0.2, 0) is 4.79 Å². The van der Waals surface area contributed by atoms with E-state index < -0.39 is 0 Å². The first-order valence-electron chi connectivity index (χ1n) is 4.42. The van der Waals surface area contributed by atoms with Gasteiger partial charge in [0.25, 0.3) is 0 Å². The number of carbonyl (C=O) groups excluding carboxylic acids is 1. The van der Waals surface area contributed by atoms with E-state index in [1.54, 1.807) is 4.90 Å². The van der Waals surface area contributed by atoms with Crippen LogP contribution in [0.5, 0.6) is 0 Å². The molecule has 0 aromatic heterocycles. The molecular weight excluding hydrogens is 152 g/mol. The van der Waals surface area contributed by atoms with Crippen LogP contribution in [0.2, 0.25) is 0 Å². The van der Waals surface area contributed by atoms with E-state index >= 15 is 0 Å². The number of hydrogen-bond donors (Lipinski definition) is 0. The maximum atomic E-state index is 11.7. The third-order valence-corrected chi connectivity index (χ3v) is 2.68. The van der Waals surface area contributed by atoms with Crippen molar-refractivity contribution in [2.24, 2.45) is 5.41 Å². The van der Waals surface area contributed by atoms with Crippen molar-refractivity contribution in [1.29, 1.82) is 0 Å². The molecule has 0 aliphatic carbocycles. The van der Waals surface area contributed by atoms with E-state index in [-0.39, 0.29) is 11.3 Å². The summed E-state index contributed by atoms with van der Waals surface area (Å²) in [6.45, 7) is 3.93. The Morgan fingerprint density at radius 1 is 1.50 bits per heavy atom. The van der Waals surface area contributed by atoms with Crippen LogP contribution < -0.4 is 0 Å². The first kappa shape index (κ1) is 9.52. The summed E-state index contributed by atoms with van der Waals surface area (Å²) in [6, 6.07) is 0. The minimum atomic E-state index is -0.0712. The van der Waals surface area contributed by atoms with Gasteiger partial charge in [-0.1, -0.05) is 6.92 Å². The standard InChI is InChI=1S/C9H18N2O/c1-5-9(6-11(4)7-9)8(12)10(2)3/h5-7H2,1-4H3. The number of nitrogens with zero attached hydrogens (tertiary/aromatic N) is 2. The molecule has 0 aromatic rings. The van der Waals surface area contributed by atoms with Gasteiger partial charge in [-0.25, -0.2) is 0 Å². The van der Waals surface area contributed by atoms with E-state index in [4.69, 9.17) is 0 Å². The molecule has 1 heterocycles. The van der Waals surface area contributed by atoms with Crippen LogP contribution in [0, 0.1) is 5.41 Å². The fourth-order valence-electron chi connectivity index (χ4n) is 1.97. The molecule has 12 heavy (non-hydrogen) atoms. The first-order chi connectivity index (χ1) is 5.52. The second-order valence-electron chi connectivity index (χ2n) is 4.01. The fraction of sp³-hybridized carbons (Fsp3) is 0.889. The number of likely N-dealkylation sites (tertiary alicyclic amines) is 1. The molecule has 0 bridgehead atoms. The highest BCUT2D eigenvalue weighted by Gasteiger charge is 2.46. The van der Waals surface area contributed by atoms with Crippen molar-refractivity contribution in [2.45, 2.75) is 13.3 Å². The normalized spacial score (nSPS) is 21.7. The Labute approximate surface area is 74.3 Å². The molecular formula is C9H18N2O. The molecule has 0 unspecified atom stereocenters. The zero-order chi connectivity index (χ0) is 9.35. The molecule has 3 nitrogen and oxygen atoms in total. The van der Waals surface area contributed by atoms with Gasteiger partial charge in [0.05, 0.1) is 5.41 Å². The van der Waals surface area contributed by atoms with E-state index in [1.807, 2.05) is 14.1 Å². The third-order valence-electron chi connectivity index (χ3n) is 2.68. The zero-order valence-electron chi connectivity index (χ0n) is 8.42. The molecule has 1 fully saturated rings. The van der Waals surface area contributed by atoms with E-state index in [9.17, 15) is 4.79 Å². The lowest BCUT2D eigenvalue weighted by molar-refractivity contribution is -0.149. The summed E-state index contributed by atoms with van der Waals surface area (Å²) in [5, 5.41) is 0. The molecule has 1 amide bonds. The van der Waals surface area contributed by atoms with Gasteiger partial charge in [0, 0.05) is 27.2 Å². The maximum absolute atomic E-state index is 11.7. The van der Waals surface area contributed by atoms with Crippen LogP contribution >= 0.6 is 0 Å². The smallest absolute Gasteiger partial charge is 0.230 e. The second-order valence-corrected chi connectivity index (χ2v) is 4.01. The van der Waals surface area contributed by atoms with Gasteiger partial charge in [-0.2, -0.15) is 0 Å². The van der Waals surface area contributed by atoms with Crippen LogP contribution in [-0.4, -0.2) is 49.9 Å². The molecule has 0 atom stereocenters. The van der Waals surface area contributed by atoms with E-state index in [0.29, 0.717) is 0 Å². The molecule has 0 aromatic carbocycles. The summed E-state index contributed by atoms with van der Waals surface area (Å²) >= 11 is 0. The Bertz CT molecular complexity index is 183. The van der Waals surface area contributed by atoms with Crippen LogP contribution in [0.1, 0.15) is 13.3 Å². The predicted octanol–water partition coefficient (Wildman–Crippen LogP) is 0.416. The summed E-state index contributed by atoms with van der Waals surface area (Å²) in [5.74, 6) is 0.281. The van der Waals surface area contributed by atoms with Gasteiger partial charge in [-0.05, 0) is 13.5 Å². The first-order valence-corrected chi connectivity index (χ1v) is 4.42. The monoisotopic (exact) mass is 170 g/mol. The highest BCUT2D eigenvalue weighted by atomic mass is 16.2. The van der Waals surface area contributed by atoms with Crippen LogP contribution in [0.3, 0.4) is 0 Å². The maximum Gasteiger partial charge on any atom is 0.230 e. The van der Waals surface area contributed by atoms with Crippen molar-refractivity contribution < 1.29 is 4.79 Å². The Morgan fingerprint density at radius 3 is 2.25 bits per heavy atom. The summed E-state index contributed by atoms with van der Waals surface area (Å²) in [6.07, 6.45) is 0.953. The lowest BCUT2D eigenvalue weighted by Crippen LogP contribution is -2.61. The van der Waals surface area contributed by atoms with Crippen molar-refractivity contribution >= 4 is 5.91 Å². The molecule has 70 valence electrons. The predicted molar refractivity (Wildman–Crippen MR) is 48.9 cm³/mol. The lowest BCUT2D eigenvalue weighted by Gasteiger charge is -2.47. The molecule has 1 saturated heterocycles. The average Bonchev–Trinajstić information content (AvgIpc) is 1.96. The van der Waals surface area contributed by atoms with Gasteiger partial charge >= 0.3 is 0 Å². The SMILES string of the molecule is CCC1(C(=O)N(C)C)CN(C)C1. The Balaban J connectivity index is 2.63. The molecule has 1 aliphatic heterocycles. The average molecular weight is 170 g/mol. The Kier molecular flexibility index (Phi) is 2.42. The van der Waals surface area contributed by atoms with Gasteiger partial charge < -0.3 is 9.80 Å². The van der Waals surface area contributed by atoms with Crippen molar-refractivity contribution in [3.8, 4) is 0 Å². The van der Waals surface area contributed by atoms with Crippen LogP contribution in [0.15, 0.2) is 0 Å². The molecule has 0 N–H and O–H groups in total. The number of rotatable bonds is 2. The quantitative estimate of drug-likeness (QED) is 0.599. The lowest BCUT2D eigenvalue weighted by atomic mass is 9.76. The summed E-state index contributed by atoms with van der Waals surface area (Å²) in [4.78, 5) is 15.6. The van der Waals surface area contributed by atoms with E-state index in [1.165, 1.54) is 0 Å². The van der Waals surface area contributed by atoms with Gasteiger partial charge in [0.15, 0.2) is 0 Å². The summed E-state index contributed by atoms with van der Waals surface area (Å²) in [7, 11) is 5.72. The van der Waals surface area contributed by atoms with E-state index in [2.05, 4.69) is 18.9 Å². The highest BCUT2D eigenvalue weighted by Crippen LogP contribution is 2.33. The van der Waals surface area contributed by atoms with Crippen molar-refractivity contribution in [3.63, 3.8) is 0 Å². The van der Waals surface area contributed by atoms with Crippen molar-refractivity contribution in [1.82, 2.24) is 9.80 Å². The zero-order valence-corrected chi connectivity index (χ0v) is 8.42. The second kappa shape index (κ2) is 3.05. The fourth-order valence-corrected chi connectivity index (χ4v) is 1.97. The summed E-state index contributed by atoms with van der Waals surface area (Å²) < 4.78 is 0. The largest absolute Gasteiger partial charge is 0.348 e. The van der Waals surface area contributed by atoms with Gasteiger partial charge in [-0.3, -0.25) is 4.79 Å². The molecule has 3 heteroatoms. The Morgan fingerprint density at radius 2 is 2.00 bits per heavy atom. The van der Waals surface area contributed by atoms with Crippen molar-refractivity contribution in [3.05, 3.63) is 0 Å².